The number of nitrogens with zero attached hydrogens (tertiary/aromatic N) is 2. The predicted octanol–water partition coefficient (Wildman–Crippen LogP) is 2.20. The van der Waals surface area contributed by atoms with Crippen molar-refractivity contribution in [1.29, 1.82) is 0 Å². The number of methoxy groups -OCH3 is 1. The van der Waals surface area contributed by atoms with Gasteiger partial charge in [0.2, 0.25) is 5.91 Å². The molecule has 0 bridgehead atoms. The van der Waals surface area contributed by atoms with E-state index < -0.39 is 11.5 Å². The number of para-hydroxylation sites is 2. The second kappa shape index (κ2) is 6.60. The Labute approximate surface area is 130 Å². The van der Waals surface area contributed by atoms with Crippen LogP contribution in [0.1, 0.15) is 0 Å². The normalized spacial score (nSPS) is 10.2. The summed E-state index contributed by atoms with van der Waals surface area (Å²) in [5, 5.41) is 2.33. The van der Waals surface area contributed by atoms with Gasteiger partial charge in [0.15, 0.2) is 5.15 Å². The van der Waals surface area contributed by atoms with E-state index in [1.54, 1.807) is 24.3 Å². The molecule has 0 saturated heterocycles. The minimum atomic E-state index is -0.577. The van der Waals surface area contributed by atoms with Gasteiger partial charge in [-0.25, -0.2) is 4.98 Å². The number of aromatic nitrogens is 2. The monoisotopic (exact) mass is 327 g/mol. The highest BCUT2D eigenvalue weighted by molar-refractivity contribution is 6.40. The van der Waals surface area contributed by atoms with Crippen molar-refractivity contribution in [3.8, 4) is 5.75 Å². The molecule has 0 aliphatic heterocycles. The topological polar surface area (TPSA) is 73.2 Å². The molecule has 0 spiro atoms. The molecule has 0 unspecified atom stereocenters. The van der Waals surface area contributed by atoms with Crippen LogP contribution in [0, 0.1) is 0 Å². The van der Waals surface area contributed by atoms with Gasteiger partial charge in [-0.2, -0.15) is 0 Å². The van der Waals surface area contributed by atoms with Gasteiger partial charge in [-0.3, -0.25) is 14.2 Å². The summed E-state index contributed by atoms with van der Waals surface area (Å²) >= 11 is 11.3. The first-order chi connectivity index (χ1) is 10.0. The molecule has 2 aromatic rings. The molecule has 110 valence electrons. The molecule has 0 fully saturated rings. The molecular formula is C13H11Cl2N3O3. The van der Waals surface area contributed by atoms with Crippen molar-refractivity contribution in [3.63, 3.8) is 0 Å². The fourth-order valence-corrected chi connectivity index (χ4v) is 1.93. The summed E-state index contributed by atoms with van der Waals surface area (Å²) in [5.74, 6) is 0.104. The van der Waals surface area contributed by atoms with Crippen LogP contribution in [-0.4, -0.2) is 22.6 Å². The van der Waals surface area contributed by atoms with Crippen molar-refractivity contribution < 1.29 is 9.53 Å². The summed E-state index contributed by atoms with van der Waals surface area (Å²) in [6.07, 6.45) is 1.17. The molecule has 0 saturated carbocycles. The van der Waals surface area contributed by atoms with Crippen LogP contribution in [0.3, 0.4) is 0 Å². The number of rotatable bonds is 4. The van der Waals surface area contributed by atoms with Gasteiger partial charge in [0.25, 0.3) is 5.56 Å². The summed E-state index contributed by atoms with van der Waals surface area (Å²) in [7, 11) is 1.50. The highest BCUT2D eigenvalue weighted by Crippen LogP contribution is 2.22. The Balaban J connectivity index is 2.16. The predicted molar refractivity (Wildman–Crippen MR) is 80.1 cm³/mol. The van der Waals surface area contributed by atoms with E-state index in [9.17, 15) is 9.59 Å². The van der Waals surface area contributed by atoms with Crippen molar-refractivity contribution in [2.75, 3.05) is 12.4 Å². The van der Waals surface area contributed by atoms with Gasteiger partial charge >= 0.3 is 0 Å². The van der Waals surface area contributed by atoms with Crippen LogP contribution in [-0.2, 0) is 11.3 Å². The summed E-state index contributed by atoms with van der Waals surface area (Å²) in [5.41, 5.74) is -0.0714. The largest absolute Gasteiger partial charge is 0.495 e. The Morgan fingerprint density at radius 2 is 2.10 bits per heavy atom. The lowest BCUT2D eigenvalue weighted by molar-refractivity contribution is -0.116. The Kier molecular flexibility index (Phi) is 4.82. The van der Waals surface area contributed by atoms with Gasteiger partial charge in [0.1, 0.15) is 17.3 Å². The Hall–Kier alpha value is -2.05. The lowest BCUT2D eigenvalue weighted by atomic mass is 10.3. The average molecular weight is 328 g/mol. The molecule has 0 aliphatic carbocycles. The maximum atomic E-state index is 12.0. The van der Waals surface area contributed by atoms with Crippen molar-refractivity contribution in [2.45, 2.75) is 6.54 Å². The third kappa shape index (κ3) is 3.53. The number of ether oxygens (including phenoxy) is 1. The zero-order chi connectivity index (χ0) is 15.4. The lowest BCUT2D eigenvalue weighted by Crippen LogP contribution is -2.28. The summed E-state index contributed by atoms with van der Waals surface area (Å²) in [6, 6.07) is 6.93. The molecule has 6 nitrogen and oxygen atoms in total. The van der Waals surface area contributed by atoms with Gasteiger partial charge in [0, 0.05) is 0 Å². The van der Waals surface area contributed by atoms with E-state index >= 15 is 0 Å². The maximum Gasteiger partial charge on any atom is 0.274 e. The second-order valence-electron chi connectivity index (χ2n) is 4.03. The van der Waals surface area contributed by atoms with E-state index in [-0.39, 0.29) is 16.7 Å². The number of carbonyl (C=O) groups excluding carboxylic acids is 1. The zero-order valence-corrected chi connectivity index (χ0v) is 12.5. The van der Waals surface area contributed by atoms with Crippen molar-refractivity contribution in [2.24, 2.45) is 0 Å². The number of anilines is 1. The molecule has 2 rings (SSSR count). The molecule has 1 N–H and O–H groups in total. The average Bonchev–Trinajstić information content (AvgIpc) is 2.48. The zero-order valence-electron chi connectivity index (χ0n) is 11.0. The molecule has 21 heavy (non-hydrogen) atoms. The van der Waals surface area contributed by atoms with Crippen LogP contribution < -0.4 is 15.6 Å². The Morgan fingerprint density at radius 3 is 2.81 bits per heavy atom. The summed E-state index contributed by atoms with van der Waals surface area (Å²) in [6.45, 7) is -0.235. The van der Waals surface area contributed by atoms with E-state index in [1.165, 1.54) is 13.4 Å². The fourth-order valence-electron chi connectivity index (χ4n) is 1.65. The van der Waals surface area contributed by atoms with Crippen molar-refractivity contribution >= 4 is 34.8 Å². The lowest BCUT2D eigenvalue weighted by Gasteiger charge is -2.10. The molecule has 1 heterocycles. The first-order valence-corrected chi connectivity index (χ1v) is 6.62. The fraction of sp³-hybridized carbons (Fsp3) is 0.154. The minimum Gasteiger partial charge on any atom is -0.495 e. The van der Waals surface area contributed by atoms with Crippen LogP contribution in [0.25, 0.3) is 0 Å². The van der Waals surface area contributed by atoms with Gasteiger partial charge < -0.3 is 10.1 Å². The highest BCUT2D eigenvalue weighted by Gasteiger charge is 2.12. The molecule has 8 heteroatoms. The Bertz CT molecular complexity index is 731. The minimum absolute atomic E-state index is 0.0944. The van der Waals surface area contributed by atoms with Crippen LogP contribution in [0.2, 0.25) is 10.2 Å². The number of carbonyl (C=O) groups is 1. The molecule has 1 amide bonds. The highest BCUT2D eigenvalue weighted by atomic mass is 35.5. The van der Waals surface area contributed by atoms with Gasteiger partial charge in [0.05, 0.1) is 19.1 Å². The van der Waals surface area contributed by atoms with Crippen LogP contribution in [0.4, 0.5) is 5.69 Å². The van der Waals surface area contributed by atoms with E-state index in [2.05, 4.69) is 10.3 Å². The number of benzene rings is 1. The second-order valence-corrected chi connectivity index (χ2v) is 4.77. The summed E-state index contributed by atoms with van der Waals surface area (Å²) in [4.78, 5) is 27.5. The van der Waals surface area contributed by atoms with E-state index in [0.717, 1.165) is 4.57 Å². The van der Waals surface area contributed by atoms with Gasteiger partial charge in [-0.05, 0) is 12.1 Å². The van der Waals surface area contributed by atoms with Gasteiger partial charge in [-0.1, -0.05) is 35.3 Å². The third-order valence-corrected chi connectivity index (χ3v) is 3.36. The Morgan fingerprint density at radius 1 is 1.38 bits per heavy atom. The number of nitrogens with one attached hydrogen (secondary N) is 1. The quantitative estimate of drug-likeness (QED) is 0.873. The first-order valence-electron chi connectivity index (χ1n) is 5.86. The number of hydrogen-bond donors (Lipinski definition) is 1. The molecular weight excluding hydrogens is 317 g/mol. The third-order valence-electron chi connectivity index (χ3n) is 2.64. The van der Waals surface area contributed by atoms with E-state index in [4.69, 9.17) is 27.9 Å². The number of amides is 1. The van der Waals surface area contributed by atoms with Crippen LogP contribution in [0.5, 0.6) is 5.75 Å². The van der Waals surface area contributed by atoms with Crippen molar-refractivity contribution in [3.05, 3.63) is 51.1 Å². The summed E-state index contributed by atoms with van der Waals surface area (Å²) < 4.78 is 6.19. The maximum absolute atomic E-state index is 12.0. The van der Waals surface area contributed by atoms with Crippen LogP contribution >= 0.6 is 23.2 Å². The smallest absolute Gasteiger partial charge is 0.274 e. The molecule has 1 aromatic carbocycles. The molecule has 0 radical (unpaired) electrons. The molecule has 0 aliphatic rings. The van der Waals surface area contributed by atoms with E-state index in [0.29, 0.717) is 11.4 Å². The molecule has 1 aromatic heterocycles. The van der Waals surface area contributed by atoms with Crippen molar-refractivity contribution in [1.82, 2.24) is 9.55 Å². The first kappa shape index (κ1) is 15.3. The molecule has 0 atom stereocenters. The van der Waals surface area contributed by atoms with E-state index in [1.807, 2.05) is 0 Å². The van der Waals surface area contributed by atoms with Crippen LogP contribution in [0.15, 0.2) is 35.4 Å². The SMILES string of the molecule is COc1ccccc1NC(=O)Cn1cnc(Cl)c(Cl)c1=O. The number of halogens is 2. The van der Waals surface area contributed by atoms with Gasteiger partial charge in [-0.15, -0.1) is 0 Å². The number of hydrogen-bond acceptors (Lipinski definition) is 4. The standard InChI is InChI=1S/C13H11Cl2N3O3/c1-21-9-5-3-2-4-8(9)17-10(19)6-18-7-16-12(15)11(14)13(18)20/h2-5,7H,6H2,1H3,(H,17,19).